The third kappa shape index (κ3) is 5.95. The Morgan fingerprint density at radius 1 is 0.979 bits per heavy atom. The van der Waals surface area contributed by atoms with Crippen molar-refractivity contribution in [1.82, 2.24) is 19.5 Å². The Morgan fingerprint density at radius 2 is 1.73 bits per heavy atom. The van der Waals surface area contributed by atoms with Crippen LogP contribution in [0.2, 0.25) is 5.02 Å². The molecular weight excluding hydrogens is 671 g/mol. The van der Waals surface area contributed by atoms with Crippen molar-refractivity contribution in [2.75, 3.05) is 6.61 Å². The molecule has 6 aromatic rings. The topological polar surface area (TPSA) is 150 Å². The number of carboxylic acid groups (broad SMARTS) is 1. The van der Waals surface area contributed by atoms with Crippen molar-refractivity contribution in [3.05, 3.63) is 104 Å². The van der Waals surface area contributed by atoms with E-state index in [9.17, 15) is 32.7 Å². The van der Waals surface area contributed by atoms with Gasteiger partial charge in [-0.2, -0.15) is 13.2 Å². The molecule has 4 aromatic heterocycles. The van der Waals surface area contributed by atoms with Crippen LogP contribution in [0.25, 0.3) is 43.6 Å². The summed E-state index contributed by atoms with van der Waals surface area (Å²) in [5.41, 5.74) is 4.15. The van der Waals surface area contributed by atoms with Crippen molar-refractivity contribution in [3.63, 3.8) is 0 Å². The number of primary amides is 1. The average molecular weight is 694 g/mol. The van der Waals surface area contributed by atoms with Crippen LogP contribution in [-0.4, -0.2) is 43.1 Å². The number of fused-ring (bicyclic) bond motifs is 2. The summed E-state index contributed by atoms with van der Waals surface area (Å²) in [7, 11) is 0. The second-order valence-corrected chi connectivity index (χ2v) is 12.0. The molecule has 6 rings (SSSR count). The minimum Gasteiger partial charge on any atom is -0.491 e. The Kier molecular flexibility index (Phi) is 8.39. The van der Waals surface area contributed by atoms with Crippen LogP contribution < -0.4 is 16.0 Å². The van der Waals surface area contributed by atoms with Gasteiger partial charge in [-0.3, -0.25) is 19.1 Å². The van der Waals surface area contributed by atoms with Gasteiger partial charge in [0, 0.05) is 38.4 Å². The third-order valence-corrected chi connectivity index (χ3v) is 8.80. The molecule has 0 aliphatic carbocycles. The fourth-order valence-corrected chi connectivity index (χ4v) is 6.60. The predicted octanol–water partition coefficient (Wildman–Crippen LogP) is 6.90. The lowest BCUT2D eigenvalue weighted by Crippen LogP contribution is -2.28. The van der Waals surface area contributed by atoms with Crippen LogP contribution in [-0.2, 0) is 12.7 Å². The number of carbonyl (C=O) groups excluding carboxylic acids is 1. The lowest BCUT2D eigenvalue weighted by Gasteiger charge is -2.17. The fourth-order valence-electron chi connectivity index (χ4n) is 5.42. The van der Waals surface area contributed by atoms with Crippen molar-refractivity contribution in [2.45, 2.75) is 26.6 Å². The maximum absolute atomic E-state index is 14.2. The zero-order valence-corrected chi connectivity index (χ0v) is 26.6. The molecule has 4 heterocycles. The lowest BCUT2D eigenvalue weighted by molar-refractivity contribution is -0.137. The molecule has 244 valence electrons. The molecule has 0 fully saturated rings. The van der Waals surface area contributed by atoms with Gasteiger partial charge in [0.1, 0.15) is 18.2 Å². The smallest absolute Gasteiger partial charge is 0.418 e. The molecule has 0 bridgehead atoms. The van der Waals surface area contributed by atoms with Crippen molar-refractivity contribution < 1.29 is 32.6 Å². The summed E-state index contributed by atoms with van der Waals surface area (Å²) in [5.74, 6) is -1.55. The van der Waals surface area contributed by atoms with E-state index < -0.39 is 34.9 Å². The summed E-state index contributed by atoms with van der Waals surface area (Å²) in [6, 6.07) is 12.9. The van der Waals surface area contributed by atoms with Crippen LogP contribution in [0, 0.1) is 13.8 Å². The molecule has 1 amide bonds. The van der Waals surface area contributed by atoms with Crippen molar-refractivity contribution in [3.8, 4) is 28.1 Å². The number of rotatable bonds is 8. The van der Waals surface area contributed by atoms with Gasteiger partial charge in [0.15, 0.2) is 5.52 Å². The Balaban J connectivity index is 1.39. The molecule has 0 saturated carbocycles. The van der Waals surface area contributed by atoms with E-state index in [1.165, 1.54) is 52.5 Å². The number of aryl methyl sites for hydroxylation is 2. The number of carboxylic acids is 1. The molecule has 0 saturated heterocycles. The monoisotopic (exact) mass is 693 g/mol. The van der Waals surface area contributed by atoms with Crippen LogP contribution in [0.5, 0.6) is 5.75 Å². The van der Waals surface area contributed by atoms with E-state index >= 15 is 0 Å². The largest absolute Gasteiger partial charge is 0.491 e. The highest BCUT2D eigenvalue weighted by Gasteiger charge is 2.36. The number of amides is 1. The number of alkyl halides is 3. The summed E-state index contributed by atoms with van der Waals surface area (Å²) < 4.78 is 50.6. The second-order valence-electron chi connectivity index (χ2n) is 10.7. The Bertz CT molecular complexity index is 2360. The number of pyridine rings is 2. The molecule has 0 aliphatic heterocycles. The fraction of sp³-hybridized carbons (Fsp3) is 0.152. The first kappa shape index (κ1) is 32.6. The Hall–Kier alpha value is -5.34. The number of thiophene rings is 1. The highest BCUT2D eigenvalue weighted by atomic mass is 35.5. The van der Waals surface area contributed by atoms with Gasteiger partial charge >= 0.3 is 12.1 Å². The predicted molar refractivity (Wildman–Crippen MR) is 175 cm³/mol. The standard InChI is InChI=1S/C33H23ClF3N5O5S/c1-15-11-21(29-27(39-15)22(14-48-29)32(45)46)20-12-17(34)7-8-25(20)47-10-9-42-16(2)40-24-13-23(33(35,36)37)26(41-28(24)31(42)44)18-5-3-4-6-19(18)30(38)43/h3-8,11-14H,9-10H2,1-2H3,(H2,38,43)(H,45,46). The van der Waals surface area contributed by atoms with Crippen LogP contribution in [0.1, 0.15) is 37.8 Å². The van der Waals surface area contributed by atoms with Crippen molar-refractivity contribution >= 4 is 56.1 Å². The van der Waals surface area contributed by atoms with Gasteiger partial charge in [-0.1, -0.05) is 29.8 Å². The van der Waals surface area contributed by atoms with Crippen LogP contribution >= 0.6 is 22.9 Å². The Labute approximate surface area is 278 Å². The highest BCUT2D eigenvalue weighted by Crippen LogP contribution is 2.41. The van der Waals surface area contributed by atoms with Gasteiger partial charge in [0.25, 0.3) is 5.56 Å². The summed E-state index contributed by atoms with van der Waals surface area (Å²) in [4.78, 5) is 50.3. The van der Waals surface area contributed by atoms with Gasteiger partial charge in [-0.15, -0.1) is 11.3 Å². The number of nitrogens with zero attached hydrogens (tertiary/aromatic N) is 4. The van der Waals surface area contributed by atoms with E-state index in [1.54, 1.807) is 31.2 Å². The zero-order chi connectivity index (χ0) is 34.5. The van der Waals surface area contributed by atoms with Gasteiger partial charge < -0.3 is 15.6 Å². The number of hydrogen-bond acceptors (Lipinski definition) is 8. The number of halogens is 4. The first-order chi connectivity index (χ1) is 22.7. The molecule has 10 nitrogen and oxygen atoms in total. The Morgan fingerprint density at radius 3 is 2.44 bits per heavy atom. The quantitative estimate of drug-likeness (QED) is 0.175. The number of aromatic carboxylic acids is 1. The molecule has 3 N–H and O–H groups in total. The van der Waals surface area contributed by atoms with E-state index in [0.717, 1.165) is 6.07 Å². The maximum Gasteiger partial charge on any atom is 0.418 e. The number of benzene rings is 2. The van der Waals surface area contributed by atoms with E-state index in [2.05, 4.69) is 15.0 Å². The van der Waals surface area contributed by atoms with Crippen LogP contribution in [0.15, 0.2) is 64.8 Å². The number of nitrogens with two attached hydrogens (primary N) is 1. The van der Waals surface area contributed by atoms with Crippen LogP contribution in [0.3, 0.4) is 0 Å². The minimum absolute atomic E-state index is 0.0570. The lowest BCUT2D eigenvalue weighted by atomic mass is 9.99. The SMILES string of the molecule is Cc1cc(-c2cc(Cl)ccc2OCCn2c(C)nc3cc(C(F)(F)F)c(-c4ccccc4C(N)=O)nc3c2=O)c2scc(C(=O)O)c2n1. The molecule has 0 unspecified atom stereocenters. The van der Waals surface area contributed by atoms with Gasteiger partial charge in [0.05, 0.1) is 39.1 Å². The average Bonchev–Trinajstić information content (AvgIpc) is 3.46. The maximum atomic E-state index is 14.2. The van der Waals surface area contributed by atoms with Crippen LogP contribution in [0.4, 0.5) is 13.2 Å². The highest BCUT2D eigenvalue weighted by molar-refractivity contribution is 7.18. The first-order valence-electron chi connectivity index (χ1n) is 14.2. The van der Waals surface area contributed by atoms with E-state index in [4.69, 9.17) is 22.1 Å². The molecule has 0 spiro atoms. The second kappa shape index (κ2) is 12.4. The number of carbonyl (C=O) groups is 2. The summed E-state index contributed by atoms with van der Waals surface area (Å²) in [5, 5.41) is 11.5. The summed E-state index contributed by atoms with van der Waals surface area (Å²) in [6.07, 6.45) is -4.88. The van der Waals surface area contributed by atoms with E-state index in [-0.39, 0.29) is 46.7 Å². The zero-order valence-electron chi connectivity index (χ0n) is 25.1. The van der Waals surface area contributed by atoms with Crippen molar-refractivity contribution in [2.24, 2.45) is 5.73 Å². The first-order valence-corrected chi connectivity index (χ1v) is 15.4. The number of aromatic nitrogens is 4. The molecule has 2 aromatic carbocycles. The van der Waals surface area contributed by atoms with Gasteiger partial charge in [-0.05, 0) is 50.2 Å². The summed E-state index contributed by atoms with van der Waals surface area (Å²) in [6.45, 7) is 3.09. The van der Waals surface area contributed by atoms with Gasteiger partial charge in [-0.25, -0.2) is 14.8 Å². The van der Waals surface area contributed by atoms with E-state index in [1.807, 2.05) is 0 Å². The molecule has 15 heteroatoms. The number of hydrogen-bond donors (Lipinski definition) is 2. The third-order valence-electron chi connectivity index (χ3n) is 7.56. The molecule has 48 heavy (non-hydrogen) atoms. The van der Waals surface area contributed by atoms with Crippen molar-refractivity contribution in [1.29, 1.82) is 0 Å². The molecule has 0 atom stereocenters. The molecule has 0 aliphatic rings. The molecule has 0 radical (unpaired) electrons. The van der Waals surface area contributed by atoms with Gasteiger partial charge in [0.2, 0.25) is 5.91 Å². The normalized spacial score (nSPS) is 11.7. The van der Waals surface area contributed by atoms with E-state index in [0.29, 0.717) is 37.8 Å². The molecular formula is C33H23ClF3N5O5S. The summed E-state index contributed by atoms with van der Waals surface area (Å²) >= 11 is 7.56. The minimum atomic E-state index is -4.88. The number of ether oxygens (including phenoxy) is 1.